The molecule has 0 aliphatic carbocycles. The van der Waals surface area contributed by atoms with Gasteiger partial charge < -0.3 is 10.4 Å². The normalized spacial score (nSPS) is 18.4. The Labute approximate surface area is 109 Å². The van der Waals surface area contributed by atoms with E-state index >= 15 is 0 Å². The molecule has 0 amide bonds. The van der Waals surface area contributed by atoms with Crippen molar-refractivity contribution in [3.8, 4) is 0 Å². The van der Waals surface area contributed by atoms with Crippen molar-refractivity contribution in [2.75, 3.05) is 26.2 Å². The SMILES string of the molecule is O=C(O)c1sccc1S(=O)(=O)N1CCCNCC1. The Morgan fingerprint density at radius 1 is 1.39 bits per heavy atom. The zero-order valence-electron chi connectivity index (χ0n) is 9.63. The molecule has 1 fully saturated rings. The molecule has 100 valence electrons. The van der Waals surface area contributed by atoms with Crippen molar-refractivity contribution in [1.82, 2.24) is 9.62 Å². The Morgan fingerprint density at radius 2 is 2.17 bits per heavy atom. The lowest BCUT2D eigenvalue weighted by molar-refractivity contribution is 0.0698. The van der Waals surface area contributed by atoms with E-state index in [0.717, 1.165) is 24.3 Å². The van der Waals surface area contributed by atoms with Gasteiger partial charge in [-0.05, 0) is 24.4 Å². The molecule has 18 heavy (non-hydrogen) atoms. The molecule has 1 aromatic rings. The van der Waals surface area contributed by atoms with Crippen molar-refractivity contribution >= 4 is 27.3 Å². The molecule has 0 saturated carbocycles. The molecule has 8 heteroatoms. The lowest BCUT2D eigenvalue weighted by Gasteiger charge is -2.19. The molecule has 0 spiro atoms. The number of nitrogens with one attached hydrogen (secondary N) is 1. The Kier molecular flexibility index (Phi) is 4.00. The van der Waals surface area contributed by atoms with Gasteiger partial charge in [0.2, 0.25) is 10.0 Å². The number of aromatic carboxylic acids is 1. The predicted octanol–water partition coefficient (Wildman–Crippen LogP) is 0.430. The molecule has 1 aliphatic rings. The van der Waals surface area contributed by atoms with E-state index in [1.54, 1.807) is 0 Å². The molecular formula is C10H14N2O4S2. The van der Waals surface area contributed by atoms with Crippen LogP contribution >= 0.6 is 11.3 Å². The molecule has 2 rings (SSSR count). The molecule has 1 saturated heterocycles. The minimum absolute atomic E-state index is 0.0955. The number of hydrogen-bond donors (Lipinski definition) is 2. The van der Waals surface area contributed by atoms with Crippen LogP contribution in [0.1, 0.15) is 16.1 Å². The topological polar surface area (TPSA) is 86.7 Å². The van der Waals surface area contributed by atoms with Gasteiger partial charge in [0.05, 0.1) is 0 Å². The standard InChI is InChI=1S/C10H14N2O4S2/c13-10(14)9-8(2-7-17-9)18(15,16)12-5-1-3-11-4-6-12/h2,7,11H,1,3-6H2,(H,13,14). The minimum atomic E-state index is -3.69. The van der Waals surface area contributed by atoms with Gasteiger partial charge in [0, 0.05) is 19.6 Å². The lowest BCUT2D eigenvalue weighted by Crippen LogP contribution is -2.34. The first-order valence-electron chi connectivity index (χ1n) is 5.55. The Morgan fingerprint density at radius 3 is 2.89 bits per heavy atom. The highest BCUT2D eigenvalue weighted by Gasteiger charge is 2.30. The van der Waals surface area contributed by atoms with Crippen molar-refractivity contribution in [3.63, 3.8) is 0 Å². The predicted molar refractivity (Wildman–Crippen MR) is 67.5 cm³/mol. The monoisotopic (exact) mass is 290 g/mol. The Hall–Kier alpha value is -0.960. The summed E-state index contributed by atoms with van der Waals surface area (Å²) in [6.45, 7) is 2.16. The molecule has 0 atom stereocenters. The molecule has 1 aromatic heterocycles. The highest BCUT2D eigenvalue weighted by molar-refractivity contribution is 7.89. The number of hydrogen-bond acceptors (Lipinski definition) is 5. The summed E-state index contributed by atoms with van der Waals surface area (Å²) in [4.78, 5) is 10.8. The fourth-order valence-electron chi connectivity index (χ4n) is 1.86. The second-order valence-electron chi connectivity index (χ2n) is 3.93. The molecule has 0 unspecified atom stereocenters. The van der Waals surface area contributed by atoms with Crippen molar-refractivity contribution in [3.05, 3.63) is 16.3 Å². The van der Waals surface area contributed by atoms with Gasteiger partial charge in [-0.25, -0.2) is 13.2 Å². The van der Waals surface area contributed by atoms with E-state index < -0.39 is 16.0 Å². The van der Waals surface area contributed by atoms with Gasteiger partial charge >= 0.3 is 5.97 Å². The van der Waals surface area contributed by atoms with E-state index in [4.69, 9.17) is 5.11 Å². The maximum atomic E-state index is 12.4. The number of nitrogens with zero attached hydrogens (tertiary/aromatic N) is 1. The summed E-state index contributed by atoms with van der Waals surface area (Å²) < 4.78 is 26.1. The van der Waals surface area contributed by atoms with Crippen LogP contribution in [0.3, 0.4) is 0 Å². The summed E-state index contributed by atoms with van der Waals surface area (Å²) in [5, 5.41) is 13.6. The van der Waals surface area contributed by atoms with Crippen LogP contribution in [0, 0.1) is 0 Å². The van der Waals surface area contributed by atoms with Gasteiger partial charge in [-0.2, -0.15) is 4.31 Å². The zero-order chi connectivity index (χ0) is 13.2. The van der Waals surface area contributed by atoms with Gasteiger partial charge in [0.15, 0.2) is 0 Å². The van der Waals surface area contributed by atoms with Gasteiger partial charge in [-0.3, -0.25) is 0 Å². The van der Waals surface area contributed by atoms with E-state index in [9.17, 15) is 13.2 Å². The van der Waals surface area contributed by atoms with E-state index in [-0.39, 0.29) is 9.77 Å². The van der Waals surface area contributed by atoms with Crippen LogP contribution in [-0.2, 0) is 10.0 Å². The van der Waals surface area contributed by atoms with Crippen molar-refractivity contribution in [1.29, 1.82) is 0 Å². The maximum absolute atomic E-state index is 12.4. The smallest absolute Gasteiger partial charge is 0.347 e. The molecule has 6 nitrogen and oxygen atoms in total. The number of thiophene rings is 1. The third-order valence-electron chi connectivity index (χ3n) is 2.74. The summed E-state index contributed by atoms with van der Waals surface area (Å²) >= 11 is 0.933. The minimum Gasteiger partial charge on any atom is -0.477 e. The fourth-order valence-corrected chi connectivity index (χ4v) is 4.57. The van der Waals surface area contributed by atoms with Crippen LogP contribution in [0.2, 0.25) is 0 Å². The van der Waals surface area contributed by atoms with Crippen LogP contribution in [0.25, 0.3) is 0 Å². The highest BCUT2D eigenvalue weighted by Crippen LogP contribution is 2.25. The number of sulfonamides is 1. The first-order chi connectivity index (χ1) is 8.53. The molecular weight excluding hydrogens is 276 g/mol. The third-order valence-corrected chi connectivity index (χ3v) is 5.71. The van der Waals surface area contributed by atoms with Crippen LogP contribution in [0.4, 0.5) is 0 Å². The van der Waals surface area contributed by atoms with E-state index in [1.807, 2.05) is 0 Å². The summed E-state index contributed by atoms with van der Waals surface area (Å²) in [6.07, 6.45) is 0.728. The second-order valence-corrected chi connectivity index (χ2v) is 6.75. The molecule has 0 aromatic carbocycles. The molecule has 1 aliphatic heterocycles. The molecule has 2 heterocycles. The summed E-state index contributed by atoms with van der Waals surface area (Å²) in [6, 6.07) is 1.36. The van der Waals surface area contributed by atoms with Gasteiger partial charge in [-0.15, -0.1) is 11.3 Å². The van der Waals surface area contributed by atoms with E-state index in [1.165, 1.54) is 15.8 Å². The third kappa shape index (κ3) is 2.56. The first-order valence-corrected chi connectivity index (χ1v) is 7.87. The van der Waals surface area contributed by atoms with Gasteiger partial charge in [-0.1, -0.05) is 0 Å². The number of carboxylic acid groups (broad SMARTS) is 1. The van der Waals surface area contributed by atoms with Crippen LogP contribution in [0.15, 0.2) is 16.3 Å². The summed E-state index contributed by atoms with van der Waals surface area (Å²) in [5.74, 6) is -1.20. The van der Waals surface area contributed by atoms with Crippen LogP contribution < -0.4 is 5.32 Å². The van der Waals surface area contributed by atoms with Crippen LogP contribution in [0.5, 0.6) is 0 Å². The maximum Gasteiger partial charge on any atom is 0.347 e. The number of carbonyl (C=O) groups is 1. The van der Waals surface area contributed by atoms with Crippen LogP contribution in [-0.4, -0.2) is 50.0 Å². The Balaban J connectivity index is 2.34. The number of carboxylic acids is 1. The fraction of sp³-hybridized carbons (Fsp3) is 0.500. The average molecular weight is 290 g/mol. The summed E-state index contributed by atoms with van der Waals surface area (Å²) in [7, 11) is -3.69. The van der Waals surface area contributed by atoms with Crippen molar-refractivity contribution in [2.24, 2.45) is 0 Å². The largest absolute Gasteiger partial charge is 0.477 e. The quantitative estimate of drug-likeness (QED) is 0.843. The van der Waals surface area contributed by atoms with Crippen molar-refractivity contribution in [2.45, 2.75) is 11.3 Å². The summed E-state index contributed by atoms with van der Waals surface area (Å²) in [5.41, 5.74) is 0. The average Bonchev–Trinajstić information content (AvgIpc) is 2.65. The first kappa shape index (κ1) is 13.5. The second kappa shape index (κ2) is 5.35. The van der Waals surface area contributed by atoms with Gasteiger partial charge in [0.1, 0.15) is 9.77 Å². The molecule has 0 bridgehead atoms. The highest BCUT2D eigenvalue weighted by atomic mass is 32.2. The van der Waals surface area contributed by atoms with Crippen molar-refractivity contribution < 1.29 is 18.3 Å². The van der Waals surface area contributed by atoms with E-state index in [0.29, 0.717) is 19.6 Å². The van der Waals surface area contributed by atoms with E-state index in [2.05, 4.69) is 5.32 Å². The van der Waals surface area contributed by atoms with Gasteiger partial charge in [0.25, 0.3) is 0 Å². The molecule has 0 radical (unpaired) electrons. The molecule has 2 N–H and O–H groups in total. The Bertz CT molecular complexity index is 530. The zero-order valence-corrected chi connectivity index (χ0v) is 11.3. The number of rotatable bonds is 3. The lowest BCUT2D eigenvalue weighted by atomic mass is 10.4.